The number of amides is 2. The van der Waals surface area contributed by atoms with E-state index >= 15 is 0 Å². The maximum absolute atomic E-state index is 11.7. The van der Waals surface area contributed by atoms with Crippen LogP contribution < -0.4 is 5.73 Å². The zero-order chi connectivity index (χ0) is 13.6. The summed E-state index contributed by atoms with van der Waals surface area (Å²) >= 11 is 0. The molecule has 0 unspecified atom stereocenters. The van der Waals surface area contributed by atoms with Gasteiger partial charge in [0.25, 0.3) is 0 Å². The number of carbonyl (C=O) groups excluding carboxylic acids is 1. The molecule has 2 rings (SSSR count). The van der Waals surface area contributed by atoms with Crippen molar-refractivity contribution >= 4 is 11.9 Å². The van der Waals surface area contributed by atoms with E-state index in [1.54, 1.807) is 4.90 Å². The van der Waals surface area contributed by atoms with Crippen molar-refractivity contribution in [2.75, 3.05) is 7.05 Å². The molecule has 1 spiro atoms. The Hall–Kier alpha value is -1.06. The zero-order valence-corrected chi connectivity index (χ0v) is 12.0. The number of aliphatic imine (C=N–C) groups is 1. The molecule has 2 amide bonds. The van der Waals surface area contributed by atoms with E-state index < -0.39 is 0 Å². The van der Waals surface area contributed by atoms with Gasteiger partial charge in [-0.3, -0.25) is 0 Å². The van der Waals surface area contributed by atoms with Crippen LogP contribution in [0.1, 0.15) is 52.9 Å². The molecule has 0 atom stereocenters. The second-order valence-electron chi connectivity index (χ2n) is 6.49. The SMILES string of the molecule is CCC(C)(C)C1CCC2(CC1)C(N)=NC(=O)N2C. The molecule has 18 heavy (non-hydrogen) atoms. The number of amidine groups is 1. The van der Waals surface area contributed by atoms with E-state index in [9.17, 15) is 4.79 Å². The third kappa shape index (κ3) is 1.82. The summed E-state index contributed by atoms with van der Waals surface area (Å²) in [5, 5.41) is 0. The van der Waals surface area contributed by atoms with Gasteiger partial charge in [-0.15, -0.1) is 0 Å². The van der Waals surface area contributed by atoms with Gasteiger partial charge in [0, 0.05) is 7.05 Å². The van der Waals surface area contributed by atoms with Gasteiger partial charge in [0.2, 0.25) is 0 Å². The second-order valence-corrected chi connectivity index (χ2v) is 6.49. The Bertz CT molecular complexity index is 379. The molecule has 0 saturated heterocycles. The molecule has 0 aromatic rings. The van der Waals surface area contributed by atoms with Crippen molar-refractivity contribution in [2.45, 2.75) is 58.4 Å². The smallest absolute Gasteiger partial charge is 0.345 e. The van der Waals surface area contributed by atoms with Crippen LogP contribution in [0.4, 0.5) is 4.79 Å². The summed E-state index contributed by atoms with van der Waals surface area (Å²) in [5.74, 6) is 1.26. The number of nitrogens with zero attached hydrogens (tertiary/aromatic N) is 2. The van der Waals surface area contributed by atoms with Crippen LogP contribution in [0.2, 0.25) is 0 Å². The van der Waals surface area contributed by atoms with Crippen LogP contribution in [-0.4, -0.2) is 29.4 Å². The van der Waals surface area contributed by atoms with Crippen LogP contribution in [0.5, 0.6) is 0 Å². The molecule has 2 N–H and O–H groups in total. The van der Waals surface area contributed by atoms with Gasteiger partial charge in [-0.2, -0.15) is 4.99 Å². The molecule has 1 saturated carbocycles. The van der Waals surface area contributed by atoms with E-state index in [4.69, 9.17) is 5.73 Å². The van der Waals surface area contributed by atoms with Crippen molar-refractivity contribution in [3.63, 3.8) is 0 Å². The highest BCUT2D eigenvalue weighted by atomic mass is 16.2. The molecule has 0 aromatic heterocycles. The molecule has 1 aliphatic carbocycles. The van der Waals surface area contributed by atoms with Crippen molar-refractivity contribution in [2.24, 2.45) is 22.1 Å². The van der Waals surface area contributed by atoms with E-state index in [0.29, 0.717) is 11.3 Å². The first kappa shape index (κ1) is 13.4. The fourth-order valence-corrected chi connectivity index (χ4v) is 3.39. The lowest BCUT2D eigenvalue weighted by atomic mass is 9.65. The summed E-state index contributed by atoms with van der Waals surface area (Å²) in [6, 6.07) is -0.180. The molecule has 4 nitrogen and oxygen atoms in total. The van der Waals surface area contributed by atoms with Gasteiger partial charge >= 0.3 is 6.03 Å². The average Bonchev–Trinajstić information content (AvgIpc) is 2.55. The monoisotopic (exact) mass is 251 g/mol. The summed E-state index contributed by atoms with van der Waals surface area (Å²) in [6.45, 7) is 6.94. The van der Waals surface area contributed by atoms with Crippen LogP contribution in [0.15, 0.2) is 4.99 Å². The summed E-state index contributed by atoms with van der Waals surface area (Å²) in [4.78, 5) is 17.3. The number of urea groups is 1. The first-order valence-corrected chi connectivity index (χ1v) is 6.96. The minimum atomic E-state index is -0.280. The predicted octanol–water partition coefficient (Wildman–Crippen LogP) is 2.77. The number of nitrogens with two attached hydrogens (primary N) is 1. The Morgan fingerprint density at radius 3 is 2.39 bits per heavy atom. The van der Waals surface area contributed by atoms with Crippen molar-refractivity contribution in [3.05, 3.63) is 0 Å². The lowest BCUT2D eigenvalue weighted by molar-refractivity contribution is 0.0897. The van der Waals surface area contributed by atoms with Crippen molar-refractivity contribution in [1.82, 2.24) is 4.90 Å². The zero-order valence-electron chi connectivity index (χ0n) is 12.0. The standard InChI is InChI=1S/C14H25N3O/c1-5-13(2,3)10-6-8-14(9-7-10)11(15)16-12(18)17(14)4/h10H,5-9H2,1-4H3,(H2,15,16,18). The Kier molecular flexibility index (Phi) is 3.16. The third-order valence-corrected chi connectivity index (χ3v) is 5.45. The number of likely N-dealkylation sites (N-methyl/N-ethyl adjacent to an activating group) is 1. The number of carbonyl (C=O) groups is 1. The summed E-state index contributed by atoms with van der Waals surface area (Å²) in [7, 11) is 1.83. The molecule has 1 heterocycles. The predicted molar refractivity (Wildman–Crippen MR) is 73.5 cm³/mol. The van der Waals surface area contributed by atoms with Crippen LogP contribution in [0.3, 0.4) is 0 Å². The van der Waals surface area contributed by atoms with E-state index in [1.165, 1.54) is 6.42 Å². The van der Waals surface area contributed by atoms with Gasteiger partial charge in [-0.25, -0.2) is 4.79 Å². The van der Waals surface area contributed by atoms with Crippen LogP contribution >= 0.6 is 0 Å². The second kappa shape index (κ2) is 4.25. The third-order valence-electron chi connectivity index (χ3n) is 5.45. The lowest BCUT2D eigenvalue weighted by Gasteiger charge is -2.45. The first-order valence-electron chi connectivity index (χ1n) is 6.96. The van der Waals surface area contributed by atoms with Gasteiger partial charge in [-0.1, -0.05) is 27.2 Å². The molecule has 0 bridgehead atoms. The molecular formula is C14H25N3O. The quantitative estimate of drug-likeness (QED) is 0.820. The van der Waals surface area contributed by atoms with E-state index in [2.05, 4.69) is 25.8 Å². The number of hydrogen-bond donors (Lipinski definition) is 1. The maximum atomic E-state index is 11.7. The van der Waals surface area contributed by atoms with Crippen LogP contribution in [0, 0.1) is 11.3 Å². The minimum absolute atomic E-state index is 0.180. The van der Waals surface area contributed by atoms with Crippen molar-refractivity contribution in [3.8, 4) is 0 Å². The fourth-order valence-electron chi connectivity index (χ4n) is 3.39. The highest BCUT2D eigenvalue weighted by Crippen LogP contribution is 2.46. The number of rotatable bonds is 2. The Labute approximate surface area is 110 Å². The largest absolute Gasteiger partial charge is 0.385 e. The van der Waals surface area contributed by atoms with Gasteiger partial charge < -0.3 is 10.6 Å². The molecule has 0 radical (unpaired) electrons. The van der Waals surface area contributed by atoms with E-state index in [0.717, 1.165) is 31.6 Å². The van der Waals surface area contributed by atoms with Crippen molar-refractivity contribution < 1.29 is 4.79 Å². The summed E-state index contributed by atoms with van der Waals surface area (Å²) < 4.78 is 0. The van der Waals surface area contributed by atoms with Gasteiger partial charge in [-0.05, 0) is 37.0 Å². The molecule has 2 aliphatic rings. The minimum Gasteiger partial charge on any atom is -0.385 e. The van der Waals surface area contributed by atoms with Gasteiger partial charge in [0.15, 0.2) is 0 Å². The summed E-state index contributed by atoms with van der Waals surface area (Å²) in [6.07, 6.45) is 5.38. The Morgan fingerprint density at radius 1 is 1.44 bits per heavy atom. The van der Waals surface area contributed by atoms with Gasteiger partial charge in [0.05, 0.1) is 0 Å². The van der Waals surface area contributed by atoms with Gasteiger partial charge in [0.1, 0.15) is 11.4 Å². The first-order chi connectivity index (χ1) is 8.33. The molecule has 4 heteroatoms. The van der Waals surface area contributed by atoms with Crippen LogP contribution in [-0.2, 0) is 0 Å². The fraction of sp³-hybridized carbons (Fsp3) is 0.857. The van der Waals surface area contributed by atoms with Crippen molar-refractivity contribution in [1.29, 1.82) is 0 Å². The number of hydrogen-bond acceptors (Lipinski definition) is 2. The van der Waals surface area contributed by atoms with Crippen LogP contribution in [0.25, 0.3) is 0 Å². The molecule has 1 aliphatic heterocycles. The topological polar surface area (TPSA) is 58.7 Å². The highest BCUT2D eigenvalue weighted by molar-refractivity contribution is 6.05. The molecule has 1 fully saturated rings. The summed E-state index contributed by atoms with van der Waals surface area (Å²) in [5.41, 5.74) is 6.10. The Balaban J connectivity index is 2.11. The Morgan fingerprint density at radius 2 is 2.00 bits per heavy atom. The van der Waals surface area contributed by atoms with E-state index in [1.807, 2.05) is 7.05 Å². The lowest BCUT2D eigenvalue weighted by Crippen LogP contribution is -2.55. The normalized spacial score (nSPS) is 33.1. The molecule has 0 aromatic carbocycles. The highest BCUT2D eigenvalue weighted by Gasteiger charge is 2.49. The van der Waals surface area contributed by atoms with E-state index in [-0.39, 0.29) is 11.6 Å². The molecule has 102 valence electrons. The molecular weight excluding hydrogens is 226 g/mol. The maximum Gasteiger partial charge on any atom is 0.345 e. The average molecular weight is 251 g/mol.